The van der Waals surface area contributed by atoms with Gasteiger partial charge in [-0.3, -0.25) is 0 Å². The van der Waals surface area contributed by atoms with Gasteiger partial charge in [-0.2, -0.15) is 26.3 Å². The molecule has 0 radical (unpaired) electrons. The van der Waals surface area contributed by atoms with Crippen molar-refractivity contribution in [2.45, 2.75) is 43.8 Å². The molecule has 1 saturated heterocycles. The van der Waals surface area contributed by atoms with E-state index in [1.807, 2.05) is 24.3 Å². The van der Waals surface area contributed by atoms with E-state index in [-0.39, 0.29) is 30.3 Å². The van der Waals surface area contributed by atoms with E-state index in [4.69, 9.17) is 9.47 Å². The first-order valence-corrected chi connectivity index (χ1v) is 13.3. The van der Waals surface area contributed by atoms with Crippen LogP contribution in [-0.2, 0) is 34.0 Å². The van der Waals surface area contributed by atoms with Crippen LogP contribution in [0.25, 0.3) is 11.1 Å². The highest BCUT2D eigenvalue weighted by Crippen LogP contribution is 2.44. The van der Waals surface area contributed by atoms with Crippen molar-refractivity contribution in [1.82, 2.24) is 0 Å². The third kappa shape index (κ3) is 6.19. The molecular weight excluding hydrogens is 542 g/mol. The number of rotatable bonds is 6. The fourth-order valence-corrected chi connectivity index (χ4v) is 5.12. The SMILES string of the molecule is CCCc1ccc(-c2ccc(C3COC(c4cccc(C(F)(F)F)c4)(c4cccc(C(F)(F)F)c4)OC3)cc2)cc1. The van der Waals surface area contributed by atoms with Crippen molar-refractivity contribution in [2.75, 3.05) is 13.2 Å². The van der Waals surface area contributed by atoms with Gasteiger partial charge in [-0.05, 0) is 52.9 Å². The van der Waals surface area contributed by atoms with E-state index in [9.17, 15) is 26.3 Å². The molecule has 1 fully saturated rings. The summed E-state index contributed by atoms with van der Waals surface area (Å²) in [7, 11) is 0. The molecule has 0 N–H and O–H groups in total. The van der Waals surface area contributed by atoms with E-state index in [1.54, 1.807) is 0 Å². The summed E-state index contributed by atoms with van der Waals surface area (Å²) in [6.07, 6.45) is -7.22. The van der Waals surface area contributed by atoms with Gasteiger partial charge in [0.05, 0.1) is 24.3 Å². The molecule has 1 aliphatic heterocycles. The van der Waals surface area contributed by atoms with E-state index in [0.717, 1.165) is 53.8 Å². The van der Waals surface area contributed by atoms with Crippen LogP contribution in [-0.4, -0.2) is 13.2 Å². The van der Waals surface area contributed by atoms with Crippen LogP contribution in [0.15, 0.2) is 97.1 Å². The van der Waals surface area contributed by atoms with Gasteiger partial charge in [0.2, 0.25) is 5.79 Å². The molecule has 4 aromatic rings. The number of hydrogen-bond donors (Lipinski definition) is 0. The third-order valence-electron chi connectivity index (χ3n) is 7.32. The molecule has 5 rings (SSSR count). The molecule has 214 valence electrons. The second-order valence-electron chi connectivity index (χ2n) is 10.2. The zero-order chi connectivity index (χ0) is 29.3. The van der Waals surface area contributed by atoms with Crippen LogP contribution in [0.2, 0.25) is 0 Å². The monoisotopic (exact) mass is 570 g/mol. The molecule has 2 nitrogen and oxygen atoms in total. The lowest BCUT2D eigenvalue weighted by molar-refractivity contribution is -0.256. The van der Waals surface area contributed by atoms with E-state index < -0.39 is 29.3 Å². The normalized spacial score (nSPS) is 16.1. The fraction of sp³-hybridized carbons (Fsp3) is 0.273. The molecule has 0 aliphatic carbocycles. The molecule has 0 spiro atoms. The fourth-order valence-electron chi connectivity index (χ4n) is 5.12. The summed E-state index contributed by atoms with van der Waals surface area (Å²) in [6.45, 7) is 2.18. The Morgan fingerprint density at radius 2 is 1.12 bits per heavy atom. The quantitative estimate of drug-likeness (QED) is 0.215. The highest BCUT2D eigenvalue weighted by Gasteiger charge is 2.44. The van der Waals surface area contributed by atoms with Crippen LogP contribution in [0.1, 0.15) is 52.6 Å². The van der Waals surface area contributed by atoms with Crippen molar-refractivity contribution >= 4 is 0 Å². The topological polar surface area (TPSA) is 18.5 Å². The molecule has 0 amide bonds. The van der Waals surface area contributed by atoms with Crippen molar-refractivity contribution in [1.29, 1.82) is 0 Å². The molecule has 41 heavy (non-hydrogen) atoms. The lowest BCUT2D eigenvalue weighted by Crippen LogP contribution is -2.42. The van der Waals surface area contributed by atoms with Crippen LogP contribution < -0.4 is 0 Å². The average molecular weight is 571 g/mol. The van der Waals surface area contributed by atoms with Crippen molar-refractivity contribution in [3.05, 3.63) is 130 Å². The molecule has 0 unspecified atom stereocenters. The summed E-state index contributed by atoms with van der Waals surface area (Å²) in [5, 5.41) is 0. The van der Waals surface area contributed by atoms with Crippen molar-refractivity contribution < 1.29 is 35.8 Å². The number of ether oxygens (including phenoxy) is 2. The van der Waals surface area contributed by atoms with Crippen LogP contribution in [0.3, 0.4) is 0 Å². The van der Waals surface area contributed by atoms with Crippen LogP contribution in [0.4, 0.5) is 26.3 Å². The Morgan fingerprint density at radius 3 is 1.56 bits per heavy atom. The van der Waals surface area contributed by atoms with Gasteiger partial charge < -0.3 is 9.47 Å². The Labute approximate surface area is 234 Å². The Hall–Kier alpha value is -3.62. The Bertz CT molecular complexity index is 1410. The van der Waals surface area contributed by atoms with Gasteiger partial charge in [0, 0.05) is 17.0 Å². The summed E-state index contributed by atoms with van der Waals surface area (Å²) >= 11 is 0. The zero-order valence-electron chi connectivity index (χ0n) is 22.2. The van der Waals surface area contributed by atoms with Gasteiger partial charge in [-0.25, -0.2) is 0 Å². The number of halogens is 6. The molecule has 0 aromatic heterocycles. The minimum Gasteiger partial charge on any atom is -0.341 e. The predicted molar refractivity (Wildman–Crippen MR) is 144 cm³/mol. The maximum Gasteiger partial charge on any atom is 0.416 e. The van der Waals surface area contributed by atoms with E-state index in [0.29, 0.717) is 0 Å². The Morgan fingerprint density at radius 1 is 0.659 bits per heavy atom. The molecule has 4 aromatic carbocycles. The lowest BCUT2D eigenvalue weighted by Gasteiger charge is -2.41. The van der Waals surface area contributed by atoms with Crippen LogP contribution >= 0.6 is 0 Å². The molecule has 0 saturated carbocycles. The third-order valence-corrected chi connectivity index (χ3v) is 7.32. The first-order valence-electron chi connectivity index (χ1n) is 13.3. The minimum absolute atomic E-state index is 0.0253. The van der Waals surface area contributed by atoms with E-state index in [1.165, 1.54) is 29.8 Å². The molecule has 0 bridgehead atoms. The number of hydrogen-bond acceptors (Lipinski definition) is 2. The molecule has 1 aliphatic rings. The predicted octanol–water partition coefficient (Wildman–Crippen LogP) is 9.38. The largest absolute Gasteiger partial charge is 0.416 e. The van der Waals surface area contributed by atoms with Crippen molar-refractivity contribution in [3.63, 3.8) is 0 Å². The van der Waals surface area contributed by atoms with Crippen molar-refractivity contribution in [2.24, 2.45) is 0 Å². The Balaban J connectivity index is 1.43. The summed E-state index contributed by atoms with van der Waals surface area (Å²) in [4.78, 5) is 0. The van der Waals surface area contributed by atoms with Gasteiger partial charge >= 0.3 is 12.4 Å². The maximum atomic E-state index is 13.5. The maximum absolute atomic E-state index is 13.5. The van der Waals surface area contributed by atoms with Gasteiger partial charge in [0.1, 0.15) is 0 Å². The van der Waals surface area contributed by atoms with Gasteiger partial charge in [-0.15, -0.1) is 0 Å². The lowest BCUT2D eigenvalue weighted by atomic mass is 9.91. The standard InChI is InChI=1S/C33H28F6O2/c1-2-5-22-10-12-23(13-11-22)24-14-16-25(17-15-24)26-20-40-31(41-21-26,27-6-3-8-29(18-27)32(34,35)36)28-7-4-9-30(19-28)33(37,38)39/h3-4,6-19,26H,2,5,20-21H2,1H3. The first kappa shape index (κ1) is 28.9. The zero-order valence-corrected chi connectivity index (χ0v) is 22.2. The Kier molecular flexibility index (Phi) is 7.99. The second-order valence-corrected chi connectivity index (χ2v) is 10.2. The number of aryl methyl sites for hydroxylation is 1. The van der Waals surface area contributed by atoms with Gasteiger partial charge in [0.25, 0.3) is 0 Å². The minimum atomic E-state index is -4.65. The summed E-state index contributed by atoms with van der Waals surface area (Å²) in [5.41, 5.74) is 2.28. The number of alkyl halides is 6. The molecule has 8 heteroatoms. The smallest absolute Gasteiger partial charge is 0.341 e. The van der Waals surface area contributed by atoms with Crippen molar-refractivity contribution in [3.8, 4) is 11.1 Å². The van der Waals surface area contributed by atoms with Gasteiger partial charge in [0.15, 0.2) is 0 Å². The highest BCUT2D eigenvalue weighted by molar-refractivity contribution is 5.64. The first-order chi connectivity index (χ1) is 19.5. The summed E-state index contributed by atoms with van der Waals surface area (Å²) < 4.78 is 93.5. The molecule has 0 atom stereocenters. The average Bonchev–Trinajstić information content (AvgIpc) is 2.97. The van der Waals surface area contributed by atoms with Crippen LogP contribution in [0, 0.1) is 0 Å². The highest BCUT2D eigenvalue weighted by atomic mass is 19.4. The summed E-state index contributed by atoms with van der Waals surface area (Å²) in [6, 6.07) is 24.8. The van der Waals surface area contributed by atoms with E-state index in [2.05, 4.69) is 31.2 Å². The second kappa shape index (κ2) is 11.3. The summed E-state index contributed by atoms with van der Waals surface area (Å²) in [5.74, 6) is -2.22. The van der Waals surface area contributed by atoms with Gasteiger partial charge in [-0.1, -0.05) is 86.1 Å². The van der Waals surface area contributed by atoms with Crippen LogP contribution in [0.5, 0.6) is 0 Å². The molecular formula is C33H28F6O2. The number of benzene rings is 4. The molecule has 1 heterocycles. The van der Waals surface area contributed by atoms with E-state index >= 15 is 0 Å².